The summed E-state index contributed by atoms with van der Waals surface area (Å²) in [7, 11) is -3.99. The van der Waals surface area contributed by atoms with Crippen molar-refractivity contribution in [2.24, 2.45) is 0 Å². The zero-order valence-corrected chi connectivity index (χ0v) is 19.3. The monoisotopic (exact) mass is 466 g/mol. The van der Waals surface area contributed by atoms with E-state index in [0.29, 0.717) is 23.6 Å². The number of carbonyl (C=O) groups excluding carboxylic acids is 2. The number of amides is 1. The lowest BCUT2D eigenvalue weighted by molar-refractivity contribution is -0.117. The minimum atomic E-state index is -3.99. The highest BCUT2D eigenvalue weighted by atomic mass is 32.2. The maximum atomic E-state index is 13.1. The van der Waals surface area contributed by atoms with E-state index in [1.807, 2.05) is 37.3 Å². The molecule has 0 unspecified atom stereocenters. The molecule has 3 aromatic carbocycles. The lowest BCUT2D eigenvalue weighted by Gasteiger charge is -2.19. The Hall–Kier alpha value is -3.49. The van der Waals surface area contributed by atoms with Crippen molar-refractivity contribution in [1.29, 1.82) is 0 Å². The molecule has 1 amide bonds. The molecule has 0 spiro atoms. The molecule has 0 aromatic heterocycles. The molecule has 3 aromatic rings. The van der Waals surface area contributed by atoms with Crippen LogP contribution in [-0.2, 0) is 21.2 Å². The molecule has 0 heterocycles. The summed E-state index contributed by atoms with van der Waals surface area (Å²) in [6.45, 7) is 3.74. The zero-order chi connectivity index (χ0) is 23.8. The SMILES string of the molecule is CCOc1ccc(S(=O)(=O)N[C@H](Cc2ccccc2)C(=O)Nc2cccc(C(C)=O)c2)cc1. The molecule has 2 N–H and O–H groups in total. The minimum Gasteiger partial charge on any atom is -0.494 e. The van der Waals surface area contributed by atoms with Crippen LogP contribution in [-0.4, -0.2) is 32.8 Å². The summed E-state index contributed by atoms with van der Waals surface area (Å²) in [5.41, 5.74) is 1.65. The topological polar surface area (TPSA) is 102 Å². The molecule has 0 aliphatic rings. The van der Waals surface area contributed by atoms with Crippen LogP contribution < -0.4 is 14.8 Å². The van der Waals surface area contributed by atoms with Crippen molar-refractivity contribution < 1.29 is 22.7 Å². The predicted molar refractivity (Wildman–Crippen MR) is 127 cm³/mol. The van der Waals surface area contributed by atoms with E-state index in [-0.39, 0.29) is 17.1 Å². The molecule has 172 valence electrons. The molecule has 0 fully saturated rings. The molecule has 0 radical (unpaired) electrons. The molecule has 33 heavy (non-hydrogen) atoms. The number of Topliss-reactive ketones (excluding diaryl/α,β-unsaturated/α-hetero) is 1. The Balaban J connectivity index is 1.85. The van der Waals surface area contributed by atoms with Crippen LogP contribution in [0, 0.1) is 0 Å². The fourth-order valence-corrected chi connectivity index (χ4v) is 4.42. The van der Waals surface area contributed by atoms with E-state index in [4.69, 9.17) is 4.74 Å². The third kappa shape index (κ3) is 6.74. The first kappa shape index (κ1) is 24.2. The van der Waals surface area contributed by atoms with Gasteiger partial charge in [0.2, 0.25) is 15.9 Å². The summed E-state index contributed by atoms with van der Waals surface area (Å²) in [6.07, 6.45) is 0.148. The Bertz CT molecular complexity index is 1210. The van der Waals surface area contributed by atoms with Gasteiger partial charge in [-0.1, -0.05) is 42.5 Å². The van der Waals surface area contributed by atoms with Gasteiger partial charge in [-0.2, -0.15) is 4.72 Å². The third-order valence-electron chi connectivity index (χ3n) is 4.88. The molecule has 0 saturated carbocycles. The van der Waals surface area contributed by atoms with Crippen molar-refractivity contribution in [3.05, 3.63) is 90.0 Å². The Morgan fingerprint density at radius 2 is 1.64 bits per heavy atom. The van der Waals surface area contributed by atoms with Gasteiger partial charge >= 0.3 is 0 Å². The summed E-state index contributed by atoms with van der Waals surface area (Å²) in [4.78, 5) is 24.8. The normalized spacial score (nSPS) is 12.1. The second-order valence-corrected chi connectivity index (χ2v) is 9.11. The Labute approximate surface area is 193 Å². The van der Waals surface area contributed by atoms with Gasteiger partial charge in [-0.15, -0.1) is 0 Å². The van der Waals surface area contributed by atoms with Crippen molar-refractivity contribution in [1.82, 2.24) is 4.72 Å². The average molecular weight is 467 g/mol. The van der Waals surface area contributed by atoms with Gasteiger partial charge in [0.25, 0.3) is 0 Å². The van der Waals surface area contributed by atoms with Crippen molar-refractivity contribution in [3.63, 3.8) is 0 Å². The van der Waals surface area contributed by atoms with Gasteiger partial charge in [0.15, 0.2) is 5.78 Å². The number of ketones is 1. The lowest BCUT2D eigenvalue weighted by atomic mass is 10.1. The summed E-state index contributed by atoms with van der Waals surface area (Å²) >= 11 is 0. The first-order chi connectivity index (χ1) is 15.8. The second-order valence-electron chi connectivity index (χ2n) is 7.39. The van der Waals surface area contributed by atoms with Crippen LogP contribution in [0.2, 0.25) is 0 Å². The van der Waals surface area contributed by atoms with Crippen molar-refractivity contribution >= 4 is 27.4 Å². The maximum Gasteiger partial charge on any atom is 0.242 e. The van der Waals surface area contributed by atoms with Gasteiger partial charge < -0.3 is 10.1 Å². The predicted octanol–water partition coefficient (Wildman–Crippen LogP) is 3.82. The average Bonchev–Trinajstić information content (AvgIpc) is 2.80. The molecular weight excluding hydrogens is 440 g/mol. The van der Waals surface area contributed by atoms with Crippen molar-refractivity contribution in [2.45, 2.75) is 31.2 Å². The molecule has 0 aliphatic carbocycles. The van der Waals surface area contributed by atoms with Gasteiger partial charge in [0.1, 0.15) is 11.8 Å². The largest absolute Gasteiger partial charge is 0.494 e. The fourth-order valence-electron chi connectivity index (χ4n) is 3.22. The number of hydrogen-bond donors (Lipinski definition) is 2. The quantitative estimate of drug-likeness (QED) is 0.443. The van der Waals surface area contributed by atoms with Crippen molar-refractivity contribution in [2.75, 3.05) is 11.9 Å². The van der Waals surface area contributed by atoms with E-state index < -0.39 is 22.0 Å². The minimum absolute atomic E-state index is 0.0235. The smallest absolute Gasteiger partial charge is 0.242 e. The van der Waals surface area contributed by atoms with Crippen LogP contribution in [0.3, 0.4) is 0 Å². The summed E-state index contributed by atoms with van der Waals surface area (Å²) in [5, 5.41) is 2.72. The van der Waals surface area contributed by atoms with E-state index in [0.717, 1.165) is 5.56 Å². The van der Waals surface area contributed by atoms with Crippen LogP contribution in [0.1, 0.15) is 29.8 Å². The standard InChI is InChI=1S/C25H26N2O5S/c1-3-32-22-12-14-23(15-13-22)33(30,31)27-24(16-19-8-5-4-6-9-19)25(29)26-21-11-7-10-20(17-21)18(2)28/h4-15,17,24,27H,3,16H2,1-2H3,(H,26,29)/t24-/m1/s1. The first-order valence-electron chi connectivity index (χ1n) is 10.5. The van der Waals surface area contributed by atoms with Crippen LogP contribution in [0.5, 0.6) is 5.75 Å². The maximum absolute atomic E-state index is 13.1. The second kappa shape index (κ2) is 10.9. The van der Waals surface area contributed by atoms with Crippen LogP contribution in [0.15, 0.2) is 83.8 Å². The Morgan fingerprint density at radius 3 is 2.27 bits per heavy atom. The number of sulfonamides is 1. The highest BCUT2D eigenvalue weighted by Crippen LogP contribution is 2.18. The van der Waals surface area contributed by atoms with Gasteiger partial charge in [-0.05, 0) is 62.2 Å². The molecule has 0 bridgehead atoms. The van der Waals surface area contributed by atoms with E-state index in [1.165, 1.54) is 19.1 Å². The van der Waals surface area contributed by atoms with Gasteiger partial charge in [-0.3, -0.25) is 9.59 Å². The number of rotatable bonds is 10. The molecule has 0 saturated heterocycles. The number of hydrogen-bond acceptors (Lipinski definition) is 5. The van der Waals surface area contributed by atoms with Crippen LogP contribution in [0.25, 0.3) is 0 Å². The van der Waals surface area contributed by atoms with E-state index >= 15 is 0 Å². The van der Waals surface area contributed by atoms with Gasteiger partial charge in [-0.25, -0.2) is 8.42 Å². The van der Waals surface area contributed by atoms with E-state index in [1.54, 1.807) is 36.4 Å². The molecular formula is C25H26N2O5S. The molecule has 7 nitrogen and oxygen atoms in total. The Morgan fingerprint density at radius 1 is 0.939 bits per heavy atom. The zero-order valence-electron chi connectivity index (χ0n) is 18.4. The van der Waals surface area contributed by atoms with Crippen LogP contribution in [0.4, 0.5) is 5.69 Å². The summed E-state index contributed by atoms with van der Waals surface area (Å²) in [6, 6.07) is 20.5. The highest BCUT2D eigenvalue weighted by molar-refractivity contribution is 7.89. The van der Waals surface area contributed by atoms with Gasteiger partial charge in [0, 0.05) is 11.3 Å². The van der Waals surface area contributed by atoms with E-state index in [9.17, 15) is 18.0 Å². The molecule has 3 rings (SSSR count). The fraction of sp³-hybridized carbons (Fsp3) is 0.200. The van der Waals surface area contributed by atoms with E-state index in [2.05, 4.69) is 10.0 Å². The number of anilines is 1. The third-order valence-corrected chi connectivity index (χ3v) is 6.37. The first-order valence-corrected chi connectivity index (χ1v) is 12.0. The molecule has 1 atom stereocenters. The summed E-state index contributed by atoms with van der Waals surface area (Å²) < 4.78 is 33.9. The number of carbonyl (C=O) groups is 2. The van der Waals surface area contributed by atoms with Crippen molar-refractivity contribution in [3.8, 4) is 5.75 Å². The summed E-state index contributed by atoms with van der Waals surface area (Å²) in [5.74, 6) is -0.113. The molecule has 0 aliphatic heterocycles. The highest BCUT2D eigenvalue weighted by Gasteiger charge is 2.26. The number of benzene rings is 3. The molecule has 8 heteroatoms. The number of ether oxygens (including phenoxy) is 1. The number of nitrogens with one attached hydrogen (secondary N) is 2. The Kier molecular flexibility index (Phi) is 7.97. The lowest BCUT2D eigenvalue weighted by Crippen LogP contribution is -2.45. The van der Waals surface area contributed by atoms with Gasteiger partial charge in [0.05, 0.1) is 11.5 Å². The van der Waals surface area contributed by atoms with Crippen LogP contribution >= 0.6 is 0 Å².